The van der Waals surface area contributed by atoms with E-state index < -0.39 is 0 Å². The van der Waals surface area contributed by atoms with Crippen LogP contribution >= 0.6 is 0 Å². The molecule has 1 amide bonds. The summed E-state index contributed by atoms with van der Waals surface area (Å²) < 4.78 is 5.58. The van der Waals surface area contributed by atoms with Gasteiger partial charge < -0.3 is 15.0 Å². The number of carbonyl (C=O) groups is 1. The molecular formula is C10H18N2O2. The second-order valence-electron chi connectivity index (χ2n) is 4.07. The van der Waals surface area contributed by atoms with Gasteiger partial charge in [-0.2, -0.15) is 0 Å². The van der Waals surface area contributed by atoms with Crippen molar-refractivity contribution in [1.82, 2.24) is 10.2 Å². The van der Waals surface area contributed by atoms with Crippen LogP contribution in [-0.2, 0) is 9.53 Å². The highest BCUT2D eigenvalue weighted by Crippen LogP contribution is 2.19. The number of nitrogens with one attached hydrogen (secondary N) is 1. The van der Waals surface area contributed by atoms with E-state index in [0.29, 0.717) is 12.1 Å². The summed E-state index contributed by atoms with van der Waals surface area (Å²) in [6.07, 6.45) is 4.67. The van der Waals surface area contributed by atoms with Crippen LogP contribution in [-0.4, -0.2) is 49.7 Å². The minimum absolute atomic E-state index is 0.337. The molecule has 2 heterocycles. The summed E-state index contributed by atoms with van der Waals surface area (Å²) in [5, 5.41) is 3.32. The molecule has 0 spiro atoms. The molecule has 1 N–H and O–H groups in total. The fraction of sp³-hybridized carbons (Fsp3) is 0.900. The SMILES string of the molecule is O=CN1CCNCC1CC1CCCO1. The lowest BCUT2D eigenvalue weighted by molar-refractivity contribution is -0.121. The van der Waals surface area contributed by atoms with Crippen molar-refractivity contribution < 1.29 is 9.53 Å². The topological polar surface area (TPSA) is 41.6 Å². The number of hydrogen-bond donors (Lipinski definition) is 1. The van der Waals surface area contributed by atoms with Crippen LogP contribution in [0, 0.1) is 0 Å². The van der Waals surface area contributed by atoms with Crippen molar-refractivity contribution in [3.63, 3.8) is 0 Å². The second-order valence-corrected chi connectivity index (χ2v) is 4.07. The molecular weight excluding hydrogens is 180 g/mol. The Hall–Kier alpha value is -0.610. The largest absolute Gasteiger partial charge is 0.378 e. The second kappa shape index (κ2) is 4.75. The van der Waals surface area contributed by atoms with E-state index in [1.54, 1.807) is 0 Å². The van der Waals surface area contributed by atoms with Crippen LogP contribution < -0.4 is 5.32 Å². The molecule has 2 fully saturated rings. The fourth-order valence-electron chi connectivity index (χ4n) is 2.27. The van der Waals surface area contributed by atoms with Crippen LogP contribution in [0.15, 0.2) is 0 Å². The number of nitrogens with zero attached hydrogens (tertiary/aromatic N) is 1. The normalized spacial score (nSPS) is 33.3. The van der Waals surface area contributed by atoms with Crippen molar-refractivity contribution in [1.29, 1.82) is 0 Å². The van der Waals surface area contributed by atoms with Crippen LogP contribution in [0.4, 0.5) is 0 Å². The van der Waals surface area contributed by atoms with E-state index in [2.05, 4.69) is 5.32 Å². The van der Waals surface area contributed by atoms with Crippen molar-refractivity contribution in [2.24, 2.45) is 0 Å². The summed E-state index contributed by atoms with van der Waals surface area (Å²) in [6.45, 7) is 3.56. The lowest BCUT2D eigenvalue weighted by Gasteiger charge is -2.34. The first-order valence-corrected chi connectivity index (χ1v) is 5.43. The smallest absolute Gasteiger partial charge is 0.210 e. The van der Waals surface area contributed by atoms with Crippen LogP contribution in [0.1, 0.15) is 19.3 Å². The summed E-state index contributed by atoms with van der Waals surface area (Å²) in [4.78, 5) is 12.7. The number of piperazine rings is 1. The van der Waals surface area contributed by atoms with Crippen molar-refractivity contribution in [2.45, 2.75) is 31.4 Å². The van der Waals surface area contributed by atoms with E-state index >= 15 is 0 Å². The molecule has 0 aliphatic carbocycles. The van der Waals surface area contributed by atoms with Gasteiger partial charge in [0, 0.05) is 32.3 Å². The zero-order chi connectivity index (χ0) is 9.80. The average molecular weight is 198 g/mol. The van der Waals surface area contributed by atoms with Gasteiger partial charge in [0.25, 0.3) is 0 Å². The van der Waals surface area contributed by atoms with Crippen molar-refractivity contribution in [3.05, 3.63) is 0 Å². The molecule has 0 aromatic heterocycles. The molecule has 14 heavy (non-hydrogen) atoms. The Kier molecular flexibility index (Phi) is 3.37. The zero-order valence-electron chi connectivity index (χ0n) is 8.45. The average Bonchev–Trinajstić information content (AvgIpc) is 2.71. The third-order valence-corrected chi connectivity index (χ3v) is 3.09. The number of ether oxygens (including phenoxy) is 1. The maximum Gasteiger partial charge on any atom is 0.210 e. The molecule has 4 nitrogen and oxygen atoms in total. The molecule has 2 atom stereocenters. The molecule has 2 saturated heterocycles. The molecule has 0 aromatic rings. The Balaban J connectivity index is 1.83. The Morgan fingerprint density at radius 3 is 3.21 bits per heavy atom. The van der Waals surface area contributed by atoms with Gasteiger partial charge in [-0.25, -0.2) is 0 Å². The number of rotatable bonds is 3. The zero-order valence-corrected chi connectivity index (χ0v) is 8.45. The van der Waals surface area contributed by atoms with Gasteiger partial charge in [0.05, 0.1) is 6.10 Å². The van der Waals surface area contributed by atoms with Crippen molar-refractivity contribution in [3.8, 4) is 0 Å². The van der Waals surface area contributed by atoms with Crippen LogP contribution in [0.2, 0.25) is 0 Å². The Morgan fingerprint density at radius 1 is 1.57 bits per heavy atom. The van der Waals surface area contributed by atoms with Gasteiger partial charge in [-0.15, -0.1) is 0 Å². The lowest BCUT2D eigenvalue weighted by Crippen LogP contribution is -2.51. The predicted molar refractivity (Wildman–Crippen MR) is 53.0 cm³/mol. The molecule has 2 aliphatic heterocycles. The highest BCUT2D eigenvalue weighted by molar-refractivity contribution is 5.48. The van der Waals surface area contributed by atoms with Gasteiger partial charge in [0.1, 0.15) is 0 Å². The summed E-state index contributed by atoms with van der Waals surface area (Å²) in [6, 6.07) is 0.337. The molecule has 2 rings (SSSR count). The lowest BCUT2D eigenvalue weighted by atomic mass is 10.0. The fourth-order valence-corrected chi connectivity index (χ4v) is 2.27. The summed E-state index contributed by atoms with van der Waals surface area (Å²) >= 11 is 0. The molecule has 2 unspecified atom stereocenters. The van der Waals surface area contributed by atoms with Crippen molar-refractivity contribution in [2.75, 3.05) is 26.2 Å². The first-order chi connectivity index (χ1) is 6.90. The van der Waals surface area contributed by atoms with E-state index in [-0.39, 0.29) is 0 Å². The first kappa shape index (κ1) is 9.93. The van der Waals surface area contributed by atoms with E-state index in [1.165, 1.54) is 6.42 Å². The Morgan fingerprint density at radius 2 is 2.50 bits per heavy atom. The summed E-state index contributed by atoms with van der Waals surface area (Å²) in [7, 11) is 0. The summed E-state index contributed by atoms with van der Waals surface area (Å²) in [5.41, 5.74) is 0. The Bertz CT molecular complexity index is 193. The molecule has 4 heteroatoms. The number of amides is 1. The third kappa shape index (κ3) is 2.25. The predicted octanol–water partition coefficient (Wildman–Crippen LogP) is -0.0143. The minimum Gasteiger partial charge on any atom is -0.378 e. The number of hydrogen-bond acceptors (Lipinski definition) is 3. The van der Waals surface area contributed by atoms with Gasteiger partial charge in [0.2, 0.25) is 6.41 Å². The van der Waals surface area contributed by atoms with E-state index in [1.807, 2.05) is 4.90 Å². The van der Waals surface area contributed by atoms with E-state index in [9.17, 15) is 4.79 Å². The van der Waals surface area contributed by atoms with Crippen LogP contribution in [0.5, 0.6) is 0 Å². The van der Waals surface area contributed by atoms with Crippen LogP contribution in [0.3, 0.4) is 0 Å². The van der Waals surface area contributed by atoms with Gasteiger partial charge in [0.15, 0.2) is 0 Å². The first-order valence-electron chi connectivity index (χ1n) is 5.43. The van der Waals surface area contributed by atoms with E-state index in [0.717, 1.165) is 45.5 Å². The molecule has 0 bridgehead atoms. The molecule has 0 radical (unpaired) electrons. The molecule has 2 aliphatic rings. The van der Waals surface area contributed by atoms with Gasteiger partial charge in [-0.1, -0.05) is 0 Å². The Labute approximate surface area is 84.6 Å². The highest BCUT2D eigenvalue weighted by Gasteiger charge is 2.26. The third-order valence-electron chi connectivity index (χ3n) is 3.09. The minimum atomic E-state index is 0.337. The highest BCUT2D eigenvalue weighted by atomic mass is 16.5. The summed E-state index contributed by atoms with van der Waals surface area (Å²) in [5.74, 6) is 0. The standard InChI is InChI=1S/C10H18N2O2/c13-8-12-4-3-11-7-9(12)6-10-2-1-5-14-10/h8-11H,1-7H2. The van der Waals surface area contributed by atoms with Gasteiger partial charge in [-0.05, 0) is 19.3 Å². The van der Waals surface area contributed by atoms with Crippen molar-refractivity contribution >= 4 is 6.41 Å². The monoisotopic (exact) mass is 198 g/mol. The quantitative estimate of drug-likeness (QED) is 0.648. The molecule has 0 aromatic carbocycles. The maximum absolute atomic E-state index is 10.8. The maximum atomic E-state index is 10.8. The number of carbonyl (C=O) groups excluding carboxylic acids is 1. The van der Waals surface area contributed by atoms with Gasteiger partial charge >= 0.3 is 0 Å². The molecule has 80 valence electrons. The van der Waals surface area contributed by atoms with Crippen LogP contribution in [0.25, 0.3) is 0 Å². The van der Waals surface area contributed by atoms with E-state index in [4.69, 9.17) is 4.74 Å². The van der Waals surface area contributed by atoms with Gasteiger partial charge in [-0.3, -0.25) is 4.79 Å². The molecule has 0 saturated carbocycles.